The molecular formula is C33H60N8O8S. The van der Waals surface area contributed by atoms with Gasteiger partial charge < -0.3 is 36.2 Å². The number of hydroxylamine groups is 1. The van der Waals surface area contributed by atoms with Crippen LogP contribution in [0.4, 0.5) is 0 Å². The number of ether oxygens (including phenoxy) is 1. The molecule has 0 saturated heterocycles. The summed E-state index contributed by atoms with van der Waals surface area (Å²) in [5, 5.41) is 24.1. The third kappa shape index (κ3) is 20.4. The van der Waals surface area contributed by atoms with Gasteiger partial charge in [0.1, 0.15) is 5.75 Å². The van der Waals surface area contributed by atoms with Gasteiger partial charge in [0.2, 0.25) is 27.7 Å². The maximum absolute atomic E-state index is 13.2. The molecule has 0 saturated carbocycles. The first-order valence-corrected chi connectivity index (χ1v) is 18.8. The summed E-state index contributed by atoms with van der Waals surface area (Å²) in [6.07, 6.45) is 2.16. The minimum atomic E-state index is -4.03. The van der Waals surface area contributed by atoms with Crippen LogP contribution in [-0.4, -0.2) is 131 Å². The van der Waals surface area contributed by atoms with E-state index in [4.69, 9.17) is 9.94 Å². The predicted octanol–water partition coefficient (Wildman–Crippen LogP) is 0.179. The Morgan fingerprint density at radius 2 is 1.20 bits per heavy atom. The maximum atomic E-state index is 13.2. The van der Waals surface area contributed by atoms with E-state index in [0.717, 1.165) is 4.31 Å². The number of unbranched alkanes of at least 4 members (excludes halogenated alkanes) is 2. The summed E-state index contributed by atoms with van der Waals surface area (Å²) >= 11 is 0. The van der Waals surface area contributed by atoms with Crippen molar-refractivity contribution >= 4 is 33.7 Å². The maximum Gasteiger partial charge on any atom is 0.258 e. The third-order valence-corrected chi connectivity index (χ3v) is 9.37. The topological polar surface area (TPSA) is 211 Å². The number of sulfonamides is 1. The van der Waals surface area contributed by atoms with E-state index >= 15 is 0 Å². The van der Waals surface area contributed by atoms with Gasteiger partial charge in [-0.25, -0.2) is 13.9 Å². The van der Waals surface area contributed by atoms with Crippen LogP contribution in [0.1, 0.15) is 66.2 Å². The van der Waals surface area contributed by atoms with Gasteiger partial charge in [0.25, 0.3) is 5.91 Å². The van der Waals surface area contributed by atoms with Crippen molar-refractivity contribution in [3.8, 4) is 5.75 Å². The van der Waals surface area contributed by atoms with E-state index in [-0.39, 0.29) is 48.4 Å². The molecule has 0 aliphatic rings. The van der Waals surface area contributed by atoms with Gasteiger partial charge in [0.05, 0.1) is 18.6 Å². The highest BCUT2D eigenvalue weighted by Gasteiger charge is 2.26. The Labute approximate surface area is 297 Å². The third-order valence-electron chi connectivity index (χ3n) is 7.51. The van der Waals surface area contributed by atoms with Crippen molar-refractivity contribution < 1.29 is 37.5 Å². The summed E-state index contributed by atoms with van der Waals surface area (Å²) < 4.78 is 32.4. The largest absolute Gasteiger partial charge is 0.497 e. The van der Waals surface area contributed by atoms with Crippen LogP contribution in [0.3, 0.4) is 0 Å². The minimum Gasteiger partial charge on any atom is -0.497 e. The SMILES string of the molecule is COc1ccc(S(=O)(=O)N(CCCCCC(=O)NCCN(CCC(=O)NCCNC(C)C)CCC(=O)NCCNC(C)C)CC(=O)NO)cc1. The van der Waals surface area contributed by atoms with Gasteiger partial charge in [-0.1, -0.05) is 34.1 Å². The van der Waals surface area contributed by atoms with Crippen molar-refractivity contribution in [1.82, 2.24) is 41.3 Å². The number of rotatable bonds is 28. The van der Waals surface area contributed by atoms with E-state index in [1.165, 1.54) is 36.9 Å². The number of amides is 4. The summed E-state index contributed by atoms with van der Waals surface area (Å²) in [5.41, 5.74) is 1.47. The second kappa shape index (κ2) is 25.6. The molecule has 7 N–H and O–H groups in total. The molecule has 1 aromatic rings. The van der Waals surface area contributed by atoms with Crippen molar-refractivity contribution in [1.29, 1.82) is 0 Å². The molecular weight excluding hydrogens is 668 g/mol. The minimum absolute atomic E-state index is 0.0159. The van der Waals surface area contributed by atoms with E-state index in [0.29, 0.717) is 89.5 Å². The number of hydrogen-bond donors (Lipinski definition) is 7. The van der Waals surface area contributed by atoms with Gasteiger partial charge in [-0.15, -0.1) is 0 Å². The summed E-state index contributed by atoms with van der Waals surface area (Å²) in [6, 6.07) is 6.43. The predicted molar refractivity (Wildman–Crippen MR) is 191 cm³/mol. The Balaban J connectivity index is 2.56. The quantitative estimate of drug-likeness (QED) is 0.0352. The van der Waals surface area contributed by atoms with E-state index in [1.54, 1.807) is 0 Å². The van der Waals surface area contributed by atoms with Gasteiger partial charge in [-0.05, 0) is 37.1 Å². The molecule has 0 radical (unpaired) electrons. The van der Waals surface area contributed by atoms with Crippen molar-refractivity contribution in [3.63, 3.8) is 0 Å². The molecule has 0 heterocycles. The average Bonchev–Trinajstić information content (AvgIpc) is 3.08. The molecule has 0 atom stereocenters. The molecule has 16 nitrogen and oxygen atoms in total. The second-order valence-corrected chi connectivity index (χ2v) is 14.4. The van der Waals surface area contributed by atoms with Crippen LogP contribution in [0.25, 0.3) is 0 Å². The molecule has 1 aromatic carbocycles. The first kappa shape index (κ1) is 44.7. The number of nitrogens with one attached hydrogen (secondary N) is 6. The monoisotopic (exact) mass is 728 g/mol. The number of nitrogens with zero attached hydrogens (tertiary/aromatic N) is 2. The van der Waals surface area contributed by atoms with Crippen LogP contribution in [-0.2, 0) is 29.2 Å². The van der Waals surface area contributed by atoms with E-state index in [9.17, 15) is 27.6 Å². The fourth-order valence-electron chi connectivity index (χ4n) is 4.73. The van der Waals surface area contributed by atoms with Crippen LogP contribution >= 0.6 is 0 Å². The molecule has 17 heteroatoms. The van der Waals surface area contributed by atoms with Gasteiger partial charge in [-0.2, -0.15) is 4.31 Å². The van der Waals surface area contributed by atoms with Crippen LogP contribution < -0.4 is 36.8 Å². The number of carbonyl (C=O) groups excluding carboxylic acids is 4. The zero-order chi connectivity index (χ0) is 37.4. The molecule has 0 spiro atoms. The zero-order valence-corrected chi connectivity index (χ0v) is 31.2. The number of hydrogen-bond acceptors (Lipinski definition) is 11. The smallest absolute Gasteiger partial charge is 0.258 e. The zero-order valence-electron chi connectivity index (χ0n) is 30.4. The summed E-state index contributed by atoms with van der Waals surface area (Å²) in [5.74, 6) is -0.717. The standard InChI is InChI=1S/C33H60N8O8S/c1-26(2)34-16-18-36-31(43)14-22-40(23-15-32(44)37-19-17-35-27(3)4)24-20-38-30(42)9-7-6-8-21-41(25-33(45)39-46)50(47,48)29-12-10-28(49-5)11-13-29/h10-13,26-27,34-35,46H,6-9,14-25H2,1-5H3,(H,36,43)(H,37,44)(H,38,42)(H,39,45). The lowest BCUT2D eigenvalue weighted by Crippen LogP contribution is -2.40. The van der Waals surface area contributed by atoms with Crippen LogP contribution in [0.15, 0.2) is 29.2 Å². The highest BCUT2D eigenvalue weighted by atomic mass is 32.2. The molecule has 0 aromatic heterocycles. The Kier molecular flexibility index (Phi) is 22.9. The number of benzene rings is 1. The molecule has 0 bridgehead atoms. The van der Waals surface area contributed by atoms with E-state index < -0.39 is 22.5 Å². The van der Waals surface area contributed by atoms with E-state index in [2.05, 4.69) is 26.6 Å². The fourth-order valence-corrected chi connectivity index (χ4v) is 6.16. The van der Waals surface area contributed by atoms with E-state index in [1.807, 2.05) is 32.6 Å². The lowest BCUT2D eigenvalue weighted by molar-refractivity contribution is -0.129. The summed E-state index contributed by atoms with van der Waals surface area (Å²) in [4.78, 5) is 51.1. The highest BCUT2D eigenvalue weighted by molar-refractivity contribution is 7.89. The highest BCUT2D eigenvalue weighted by Crippen LogP contribution is 2.20. The fraction of sp³-hybridized carbons (Fsp3) is 0.697. The van der Waals surface area contributed by atoms with Crippen molar-refractivity contribution in [2.75, 3.05) is 72.6 Å². The normalized spacial score (nSPS) is 11.6. The van der Waals surface area contributed by atoms with Crippen molar-refractivity contribution in [2.24, 2.45) is 0 Å². The Bertz CT molecular complexity index is 1220. The second-order valence-electron chi connectivity index (χ2n) is 12.5. The lowest BCUT2D eigenvalue weighted by Gasteiger charge is -2.22. The van der Waals surface area contributed by atoms with Crippen LogP contribution in [0, 0.1) is 0 Å². The van der Waals surface area contributed by atoms with Gasteiger partial charge in [0.15, 0.2) is 0 Å². The molecule has 0 fully saturated rings. The average molecular weight is 729 g/mol. The molecule has 286 valence electrons. The summed E-state index contributed by atoms with van der Waals surface area (Å²) in [6.45, 7) is 11.7. The molecule has 0 aliphatic carbocycles. The molecule has 0 aliphatic heterocycles. The Hall–Kier alpha value is -3.35. The molecule has 4 amide bonds. The Morgan fingerprint density at radius 1 is 0.680 bits per heavy atom. The van der Waals surface area contributed by atoms with Crippen LogP contribution in [0.5, 0.6) is 5.75 Å². The Morgan fingerprint density at radius 3 is 1.70 bits per heavy atom. The van der Waals surface area contributed by atoms with Crippen LogP contribution in [0.2, 0.25) is 0 Å². The van der Waals surface area contributed by atoms with Crippen molar-refractivity contribution in [2.45, 2.75) is 83.2 Å². The number of methoxy groups -OCH3 is 1. The van der Waals surface area contributed by atoms with Gasteiger partial charge in [0, 0.05) is 90.2 Å². The molecule has 1 rings (SSSR count). The van der Waals surface area contributed by atoms with Gasteiger partial charge in [-0.3, -0.25) is 24.4 Å². The first-order chi connectivity index (χ1) is 23.8. The first-order valence-electron chi connectivity index (χ1n) is 17.3. The lowest BCUT2D eigenvalue weighted by atomic mass is 10.2. The molecule has 50 heavy (non-hydrogen) atoms. The summed E-state index contributed by atoms with van der Waals surface area (Å²) in [7, 11) is -2.56. The van der Waals surface area contributed by atoms with Crippen molar-refractivity contribution in [3.05, 3.63) is 24.3 Å². The van der Waals surface area contributed by atoms with Gasteiger partial charge >= 0.3 is 0 Å². The molecule has 0 unspecified atom stereocenters. The number of carbonyl (C=O) groups is 4.